The normalized spacial score (nSPS) is 40.2. The average Bonchev–Trinajstić information content (AvgIpc) is 2.89. The Hall–Kier alpha value is -1.15. The molecular weight excluding hydrogens is 500 g/mol. The van der Waals surface area contributed by atoms with Crippen LogP contribution in [0.15, 0.2) is 11.6 Å². The van der Waals surface area contributed by atoms with Crippen LogP contribution in [-0.2, 0) is 28.5 Å². The fourth-order valence-electron chi connectivity index (χ4n) is 5.30. The lowest BCUT2D eigenvalue weighted by Crippen LogP contribution is -2.68. The molecule has 10 atom stereocenters. The number of carbonyl (C=O) groups excluding carboxylic acids is 1. The summed E-state index contributed by atoms with van der Waals surface area (Å²) in [5.41, 5.74) is -0.730. The zero-order valence-electron chi connectivity index (χ0n) is 23.7. The van der Waals surface area contributed by atoms with E-state index in [1.165, 1.54) is 21.3 Å². The third-order valence-electron chi connectivity index (χ3n) is 8.37. The van der Waals surface area contributed by atoms with Crippen molar-refractivity contribution in [1.82, 2.24) is 0 Å². The van der Waals surface area contributed by atoms with Gasteiger partial charge in [0.25, 0.3) is 0 Å². The molecule has 222 valence electrons. The van der Waals surface area contributed by atoms with E-state index >= 15 is 0 Å². The average molecular weight is 549 g/mol. The summed E-state index contributed by atoms with van der Waals surface area (Å²) < 4.78 is 28.3. The zero-order valence-corrected chi connectivity index (χ0v) is 23.7. The van der Waals surface area contributed by atoms with Crippen molar-refractivity contribution in [2.24, 2.45) is 11.3 Å². The van der Waals surface area contributed by atoms with Gasteiger partial charge in [-0.3, -0.25) is 0 Å². The Balaban J connectivity index is 2.56. The van der Waals surface area contributed by atoms with Crippen LogP contribution in [0.4, 0.5) is 0 Å². The topological polar surface area (TPSA) is 164 Å². The largest absolute Gasteiger partial charge is 0.456 e. The molecule has 5 unspecified atom stereocenters. The van der Waals surface area contributed by atoms with Gasteiger partial charge in [-0.05, 0) is 18.9 Å². The zero-order chi connectivity index (χ0) is 28.8. The summed E-state index contributed by atoms with van der Waals surface area (Å²) >= 11 is 0. The lowest BCUT2D eigenvalue weighted by Gasteiger charge is -2.54. The van der Waals surface area contributed by atoms with Gasteiger partial charge in [-0.1, -0.05) is 26.8 Å². The number of esters is 1. The predicted molar refractivity (Wildman–Crippen MR) is 137 cm³/mol. The fourth-order valence-corrected chi connectivity index (χ4v) is 5.30. The van der Waals surface area contributed by atoms with E-state index in [-0.39, 0.29) is 38.2 Å². The Morgan fingerprint density at radius 2 is 1.66 bits per heavy atom. The molecular formula is C27H48O11. The molecule has 0 amide bonds. The van der Waals surface area contributed by atoms with E-state index in [9.17, 15) is 30.3 Å². The van der Waals surface area contributed by atoms with Gasteiger partial charge in [0.2, 0.25) is 5.79 Å². The Morgan fingerprint density at radius 1 is 1.05 bits per heavy atom. The van der Waals surface area contributed by atoms with Gasteiger partial charge >= 0.3 is 5.97 Å². The maximum absolute atomic E-state index is 13.1. The van der Waals surface area contributed by atoms with Crippen LogP contribution in [-0.4, -0.2) is 114 Å². The third-order valence-corrected chi connectivity index (χ3v) is 8.37. The molecule has 2 fully saturated rings. The van der Waals surface area contributed by atoms with E-state index in [1.807, 2.05) is 13.0 Å². The Bertz CT molecular complexity index is 783. The monoisotopic (exact) mass is 548 g/mol. The van der Waals surface area contributed by atoms with Crippen LogP contribution < -0.4 is 0 Å². The predicted octanol–water partition coefficient (Wildman–Crippen LogP) is 0.678. The number of aliphatic hydroxyl groups is 5. The van der Waals surface area contributed by atoms with Gasteiger partial charge in [0.1, 0.15) is 12.2 Å². The summed E-state index contributed by atoms with van der Waals surface area (Å²) in [7, 11) is 4.20. The summed E-state index contributed by atoms with van der Waals surface area (Å²) in [6.07, 6.45) is -5.71. The summed E-state index contributed by atoms with van der Waals surface area (Å²) in [5.74, 6) is -3.29. The van der Waals surface area contributed by atoms with Gasteiger partial charge in [-0.2, -0.15) is 0 Å². The summed E-state index contributed by atoms with van der Waals surface area (Å²) in [5, 5.41) is 54.7. The second-order valence-corrected chi connectivity index (χ2v) is 11.1. The van der Waals surface area contributed by atoms with Gasteiger partial charge in [-0.25, -0.2) is 4.79 Å². The molecule has 2 rings (SSSR count). The molecule has 2 saturated heterocycles. The molecule has 11 heteroatoms. The number of hydrogen-bond donors (Lipinski definition) is 5. The van der Waals surface area contributed by atoms with Crippen LogP contribution in [0.25, 0.3) is 0 Å². The Morgan fingerprint density at radius 3 is 2.18 bits per heavy atom. The summed E-state index contributed by atoms with van der Waals surface area (Å²) in [6, 6.07) is 0. The second-order valence-electron chi connectivity index (χ2n) is 11.1. The SMILES string of the molecule is CC[C@H](C=C(C)C1C[C@@H](OC)CC(O)C(C)(C)C2(O)OC(C[C@@H](OC)C2O)C[C@@H](OC)[C@H](O)C(=O)O1)CO. The minimum Gasteiger partial charge on any atom is -0.456 e. The molecule has 2 bridgehead atoms. The first kappa shape index (κ1) is 33.1. The highest BCUT2D eigenvalue weighted by Gasteiger charge is 2.60. The van der Waals surface area contributed by atoms with E-state index < -0.39 is 66.0 Å². The van der Waals surface area contributed by atoms with Crippen LogP contribution in [0.3, 0.4) is 0 Å². The molecule has 0 saturated carbocycles. The van der Waals surface area contributed by atoms with Gasteiger partial charge in [0.05, 0.1) is 30.5 Å². The number of aliphatic hydroxyl groups excluding tert-OH is 4. The number of hydrogen-bond acceptors (Lipinski definition) is 11. The summed E-state index contributed by atoms with van der Waals surface area (Å²) in [6.45, 7) is 6.81. The van der Waals surface area contributed by atoms with E-state index in [0.29, 0.717) is 12.0 Å². The van der Waals surface area contributed by atoms with Gasteiger partial charge < -0.3 is 49.2 Å². The van der Waals surface area contributed by atoms with Crippen molar-refractivity contribution in [2.75, 3.05) is 27.9 Å². The van der Waals surface area contributed by atoms with Crippen molar-refractivity contribution in [3.8, 4) is 0 Å². The van der Waals surface area contributed by atoms with Crippen LogP contribution >= 0.6 is 0 Å². The van der Waals surface area contributed by atoms with Crippen molar-refractivity contribution in [2.45, 2.75) is 114 Å². The number of methoxy groups -OCH3 is 3. The van der Waals surface area contributed by atoms with Crippen molar-refractivity contribution in [3.05, 3.63) is 11.6 Å². The van der Waals surface area contributed by atoms with Crippen molar-refractivity contribution < 1.29 is 54.0 Å². The van der Waals surface area contributed by atoms with E-state index in [2.05, 4.69) is 0 Å². The Kier molecular flexibility index (Phi) is 12.1. The van der Waals surface area contributed by atoms with Gasteiger partial charge in [0.15, 0.2) is 6.10 Å². The lowest BCUT2D eigenvalue weighted by atomic mass is 9.70. The molecule has 0 aromatic heterocycles. The molecule has 2 aliphatic heterocycles. The Labute approximate surface area is 225 Å². The van der Waals surface area contributed by atoms with E-state index in [0.717, 1.165) is 0 Å². The summed E-state index contributed by atoms with van der Waals surface area (Å²) in [4.78, 5) is 13.1. The molecule has 2 aliphatic rings. The first-order chi connectivity index (χ1) is 17.8. The molecule has 0 aliphatic carbocycles. The fraction of sp³-hybridized carbons (Fsp3) is 0.889. The smallest absolute Gasteiger partial charge is 0.338 e. The maximum atomic E-state index is 13.1. The quantitative estimate of drug-likeness (QED) is 0.224. The van der Waals surface area contributed by atoms with Gasteiger partial charge in [-0.15, -0.1) is 0 Å². The lowest BCUT2D eigenvalue weighted by molar-refractivity contribution is -0.379. The van der Waals surface area contributed by atoms with Gasteiger partial charge in [0, 0.05) is 65.0 Å². The number of fused-ring (bicyclic) bond motifs is 2. The van der Waals surface area contributed by atoms with Crippen molar-refractivity contribution in [3.63, 3.8) is 0 Å². The standard InChI is InChI=1S/C27H48O11/c1-8-16(14-28)9-15(2)19-10-17(34-5)13-22(29)26(3,4)27(33)24(31)21(36-7)12-18(38-27)11-20(35-6)23(30)25(32)37-19/h9,16-24,28-31,33H,8,10-14H2,1-7H3/t16-,17-,18?,19?,20-,21-,22?,23+,24?,27?/m1/s1. The number of ether oxygens (including phenoxy) is 5. The second kappa shape index (κ2) is 14.0. The molecule has 0 aromatic rings. The minimum atomic E-state index is -2.23. The highest BCUT2D eigenvalue weighted by Crippen LogP contribution is 2.46. The molecule has 0 spiro atoms. The van der Waals surface area contributed by atoms with E-state index in [1.54, 1.807) is 20.8 Å². The highest BCUT2D eigenvalue weighted by molar-refractivity contribution is 5.75. The molecule has 5 N–H and O–H groups in total. The maximum Gasteiger partial charge on any atom is 0.338 e. The molecule has 2 heterocycles. The van der Waals surface area contributed by atoms with Crippen LogP contribution in [0.5, 0.6) is 0 Å². The number of carbonyl (C=O) groups is 1. The van der Waals surface area contributed by atoms with Crippen molar-refractivity contribution in [1.29, 1.82) is 0 Å². The van der Waals surface area contributed by atoms with Crippen molar-refractivity contribution >= 4 is 5.97 Å². The first-order valence-corrected chi connectivity index (χ1v) is 13.3. The number of rotatable bonds is 7. The third kappa shape index (κ3) is 7.13. The molecule has 0 radical (unpaired) electrons. The first-order valence-electron chi connectivity index (χ1n) is 13.3. The van der Waals surface area contributed by atoms with E-state index in [4.69, 9.17) is 23.7 Å². The molecule has 38 heavy (non-hydrogen) atoms. The molecule has 0 aromatic carbocycles. The van der Waals surface area contributed by atoms with Crippen LogP contribution in [0.1, 0.15) is 59.8 Å². The molecule has 11 nitrogen and oxygen atoms in total. The number of cyclic esters (lactones) is 1. The van der Waals surface area contributed by atoms with Crippen LogP contribution in [0, 0.1) is 11.3 Å². The van der Waals surface area contributed by atoms with Crippen LogP contribution in [0.2, 0.25) is 0 Å². The minimum absolute atomic E-state index is 0.0174. The highest BCUT2D eigenvalue weighted by atomic mass is 16.7.